The van der Waals surface area contributed by atoms with Crippen molar-refractivity contribution in [2.24, 2.45) is 0 Å². The Morgan fingerprint density at radius 1 is 0.900 bits per heavy atom. The van der Waals surface area contributed by atoms with Crippen molar-refractivity contribution in [1.82, 2.24) is 0 Å². The normalized spacial score (nSPS) is 15.2. The number of fused-ring (bicyclic) bond motifs is 1. The Labute approximate surface area is 177 Å². The van der Waals surface area contributed by atoms with E-state index in [1.807, 2.05) is 61.5 Å². The van der Waals surface area contributed by atoms with Gasteiger partial charge in [-0.15, -0.1) is 0 Å². The maximum atomic E-state index is 12.7. The van der Waals surface area contributed by atoms with Gasteiger partial charge in [0.15, 0.2) is 0 Å². The fourth-order valence-electron chi connectivity index (χ4n) is 4.15. The van der Waals surface area contributed by atoms with Crippen LogP contribution in [0.15, 0.2) is 78.4 Å². The molecule has 0 spiro atoms. The van der Waals surface area contributed by atoms with Crippen LogP contribution in [0.1, 0.15) is 36.0 Å². The molecule has 0 aromatic heterocycles. The van der Waals surface area contributed by atoms with Crippen LogP contribution in [0, 0.1) is 0 Å². The zero-order valence-electron chi connectivity index (χ0n) is 17.4. The van der Waals surface area contributed by atoms with Gasteiger partial charge in [-0.25, -0.2) is 0 Å². The van der Waals surface area contributed by atoms with E-state index in [1.165, 1.54) is 0 Å². The third-order valence-corrected chi connectivity index (χ3v) is 5.64. The molecule has 0 saturated carbocycles. The molecule has 3 aromatic rings. The van der Waals surface area contributed by atoms with Gasteiger partial charge in [0.1, 0.15) is 11.5 Å². The number of allylic oxidation sites excluding steroid dienone is 1. The maximum absolute atomic E-state index is 12.7. The molecule has 152 valence electrons. The van der Waals surface area contributed by atoms with Crippen LogP contribution in [0.25, 0.3) is 5.57 Å². The van der Waals surface area contributed by atoms with Crippen LogP contribution in [0.5, 0.6) is 11.5 Å². The summed E-state index contributed by atoms with van der Waals surface area (Å²) in [4.78, 5) is 12.7. The second-order valence-corrected chi connectivity index (χ2v) is 7.43. The predicted octanol–water partition coefficient (Wildman–Crippen LogP) is 5.65. The largest absolute Gasteiger partial charge is 0.497 e. The molecule has 4 nitrogen and oxygen atoms in total. The lowest BCUT2D eigenvalue weighted by atomic mass is 9.84. The van der Waals surface area contributed by atoms with E-state index in [0.29, 0.717) is 6.42 Å². The first-order chi connectivity index (χ1) is 14.6. The van der Waals surface area contributed by atoms with Crippen molar-refractivity contribution >= 4 is 17.2 Å². The standard InChI is InChI=1S/C26H25NO3/c1-17(25-21-9-4-6-10-23(21)27-26(25)28)16-22(18-12-14-19(29-2)15-13-18)20-8-5-7-11-24(20)30-3/h4-15,22H,16H2,1-3H3,(H,27,28)/b25-17+. The summed E-state index contributed by atoms with van der Waals surface area (Å²) in [6.07, 6.45) is 0.698. The second-order valence-electron chi connectivity index (χ2n) is 7.43. The number of rotatable bonds is 6. The number of carbonyl (C=O) groups is 1. The summed E-state index contributed by atoms with van der Waals surface area (Å²) in [5.74, 6) is 1.66. The highest BCUT2D eigenvalue weighted by molar-refractivity contribution is 6.32. The number of hydrogen-bond acceptors (Lipinski definition) is 3. The van der Waals surface area contributed by atoms with Gasteiger partial charge in [-0.05, 0) is 43.2 Å². The fraction of sp³-hybridized carbons (Fsp3) is 0.192. The summed E-state index contributed by atoms with van der Waals surface area (Å²) in [6.45, 7) is 2.04. The summed E-state index contributed by atoms with van der Waals surface area (Å²) in [6, 6.07) is 24.0. The molecule has 1 amide bonds. The number of para-hydroxylation sites is 2. The molecule has 4 heteroatoms. The lowest BCUT2D eigenvalue weighted by molar-refractivity contribution is -0.110. The van der Waals surface area contributed by atoms with Gasteiger partial charge in [0.05, 0.1) is 14.2 Å². The highest BCUT2D eigenvalue weighted by Gasteiger charge is 2.27. The van der Waals surface area contributed by atoms with E-state index in [1.54, 1.807) is 14.2 Å². The first kappa shape index (κ1) is 19.8. The zero-order valence-corrected chi connectivity index (χ0v) is 17.4. The van der Waals surface area contributed by atoms with Gasteiger partial charge in [0.2, 0.25) is 0 Å². The molecule has 1 aliphatic rings. The van der Waals surface area contributed by atoms with Crippen LogP contribution in [0.4, 0.5) is 5.69 Å². The van der Waals surface area contributed by atoms with E-state index in [0.717, 1.165) is 45.0 Å². The van der Waals surface area contributed by atoms with Gasteiger partial charge in [-0.2, -0.15) is 0 Å². The van der Waals surface area contributed by atoms with Gasteiger partial charge in [-0.1, -0.05) is 54.1 Å². The fourth-order valence-corrected chi connectivity index (χ4v) is 4.15. The third kappa shape index (κ3) is 3.69. The quantitative estimate of drug-likeness (QED) is 0.545. The molecule has 4 rings (SSSR count). The molecular formula is C26H25NO3. The molecule has 1 aliphatic heterocycles. The molecule has 1 unspecified atom stereocenters. The minimum atomic E-state index is -0.0396. The first-order valence-electron chi connectivity index (χ1n) is 9.99. The topological polar surface area (TPSA) is 47.6 Å². The smallest absolute Gasteiger partial charge is 0.256 e. The summed E-state index contributed by atoms with van der Waals surface area (Å²) >= 11 is 0. The van der Waals surface area contributed by atoms with E-state index >= 15 is 0 Å². The summed E-state index contributed by atoms with van der Waals surface area (Å²) in [5, 5.41) is 2.98. The molecule has 1 atom stereocenters. The SMILES string of the molecule is COc1ccc(C(C/C(C)=C2/C(=O)Nc3ccccc32)c2ccccc2OC)cc1. The van der Waals surface area contributed by atoms with Gasteiger partial charge in [-0.3, -0.25) is 4.79 Å². The average molecular weight is 399 g/mol. The maximum Gasteiger partial charge on any atom is 0.256 e. The Bertz CT molecular complexity index is 1100. The first-order valence-corrected chi connectivity index (χ1v) is 9.99. The van der Waals surface area contributed by atoms with Gasteiger partial charge in [0, 0.05) is 28.3 Å². The van der Waals surface area contributed by atoms with Crippen LogP contribution in [0.2, 0.25) is 0 Å². The molecule has 0 saturated heterocycles. The third-order valence-electron chi connectivity index (χ3n) is 5.64. The van der Waals surface area contributed by atoms with Crippen LogP contribution < -0.4 is 14.8 Å². The Morgan fingerprint density at radius 2 is 1.60 bits per heavy atom. The minimum Gasteiger partial charge on any atom is -0.497 e. The van der Waals surface area contributed by atoms with Crippen molar-refractivity contribution in [3.05, 3.63) is 95.1 Å². The Balaban J connectivity index is 1.79. The second kappa shape index (κ2) is 8.46. The van der Waals surface area contributed by atoms with Crippen LogP contribution >= 0.6 is 0 Å². The lowest BCUT2D eigenvalue weighted by Crippen LogP contribution is -2.09. The van der Waals surface area contributed by atoms with Gasteiger partial charge < -0.3 is 14.8 Å². The van der Waals surface area contributed by atoms with Crippen molar-refractivity contribution in [3.8, 4) is 11.5 Å². The zero-order chi connectivity index (χ0) is 21.1. The van der Waals surface area contributed by atoms with E-state index in [2.05, 4.69) is 23.5 Å². The average Bonchev–Trinajstić information content (AvgIpc) is 3.13. The van der Waals surface area contributed by atoms with Crippen molar-refractivity contribution in [3.63, 3.8) is 0 Å². The van der Waals surface area contributed by atoms with Crippen LogP contribution in [-0.2, 0) is 4.79 Å². The van der Waals surface area contributed by atoms with E-state index in [-0.39, 0.29) is 11.8 Å². The Hall–Kier alpha value is -3.53. The molecule has 3 aromatic carbocycles. The number of carbonyl (C=O) groups excluding carboxylic acids is 1. The monoisotopic (exact) mass is 399 g/mol. The van der Waals surface area contributed by atoms with Crippen LogP contribution in [0.3, 0.4) is 0 Å². The van der Waals surface area contributed by atoms with Crippen molar-refractivity contribution in [2.45, 2.75) is 19.3 Å². The molecular weight excluding hydrogens is 374 g/mol. The van der Waals surface area contributed by atoms with Crippen molar-refractivity contribution in [1.29, 1.82) is 0 Å². The Morgan fingerprint density at radius 3 is 2.33 bits per heavy atom. The van der Waals surface area contributed by atoms with E-state index in [4.69, 9.17) is 9.47 Å². The predicted molar refractivity (Wildman–Crippen MR) is 120 cm³/mol. The number of ether oxygens (including phenoxy) is 2. The molecule has 0 fully saturated rings. The van der Waals surface area contributed by atoms with Crippen molar-refractivity contribution in [2.75, 3.05) is 19.5 Å². The molecule has 0 radical (unpaired) electrons. The van der Waals surface area contributed by atoms with Gasteiger partial charge >= 0.3 is 0 Å². The Kier molecular flexibility index (Phi) is 5.57. The van der Waals surface area contributed by atoms with Gasteiger partial charge in [0.25, 0.3) is 5.91 Å². The molecule has 0 bridgehead atoms. The number of anilines is 1. The summed E-state index contributed by atoms with van der Waals surface area (Å²) < 4.78 is 11.0. The molecule has 1 heterocycles. The summed E-state index contributed by atoms with van der Waals surface area (Å²) in [7, 11) is 3.35. The number of amides is 1. The lowest BCUT2D eigenvalue weighted by Gasteiger charge is -2.22. The highest BCUT2D eigenvalue weighted by Crippen LogP contribution is 2.41. The molecule has 30 heavy (non-hydrogen) atoms. The highest BCUT2D eigenvalue weighted by atomic mass is 16.5. The summed E-state index contributed by atoms with van der Waals surface area (Å²) in [5.41, 5.74) is 5.88. The van der Waals surface area contributed by atoms with Crippen molar-refractivity contribution < 1.29 is 14.3 Å². The molecule has 1 N–H and O–H groups in total. The number of nitrogens with one attached hydrogen (secondary N) is 1. The van der Waals surface area contributed by atoms with E-state index in [9.17, 15) is 4.79 Å². The van der Waals surface area contributed by atoms with Crippen LogP contribution in [-0.4, -0.2) is 20.1 Å². The number of benzene rings is 3. The number of methoxy groups -OCH3 is 2. The number of hydrogen-bond donors (Lipinski definition) is 1. The molecule has 0 aliphatic carbocycles. The minimum absolute atomic E-state index is 0.0396. The van der Waals surface area contributed by atoms with E-state index < -0.39 is 0 Å².